The molecule has 0 radical (unpaired) electrons. The highest BCUT2D eigenvalue weighted by Crippen LogP contribution is 2.41. The monoisotopic (exact) mass is 629 g/mol. The fraction of sp³-hybridized carbons (Fsp3) is 0.400. The van der Waals surface area contributed by atoms with Gasteiger partial charge < -0.3 is 14.4 Å². The second-order valence-electron chi connectivity index (χ2n) is 11.0. The third-order valence-corrected chi connectivity index (χ3v) is 8.95. The minimum atomic E-state index is -5.08. The van der Waals surface area contributed by atoms with Gasteiger partial charge in [0.05, 0.1) is 35.0 Å². The van der Waals surface area contributed by atoms with Gasteiger partial charge in [0, 0.05) is 25.6 Å². The summed E-state index contributed by atoms with van der Waals surface area (Å²) < 4.78 is 108. The number of amides is 1. The van der Waals surface area contributed by atoms with Crippen molar-refractivity contribution in [1.29, 1.82) is 0 Å². The summed E-state index contributed by atoms with van der Waals surface area (Å²) in [6.07, 6.45) is -8.08. The molecule has 3 aromatic rings. The summed E-state index contributed by atoms with van der Waals surface area (Å²) in [6, 6.07) is 6.90. The number of hydrogen-bond donors (Lipinski definition) is 0. The van der Waals surface area contributed by atoms with Crippen LogP contribution in [0.3, 0.4) is 0 Å². The molecule has 1 saturated heterocycles. The fourth-order valence-corrected chi connectivity index (χ4v) is 6.14. The Labute approximate surface area is 247 Å². The highest BCUT2D eigenvalue weighted by atomic mass is 32.2. The summed E-state index contributed by atoms with van der Waals surface area (Å²) in [5.74, 6) is 0.242. The lowest BCUT2D eigenvalue weighted by Crippen LogP contribution is -2.42. The Balaban J connectivity index is 1.81. The van der Waals surface area contributed by atoms with Gasteiger partial charge in [-0.1, -0.05) is 17.2 Å². The fourth-order valence-electron chi connectivity index (χ4n) is 5.06. The average molecular weight is 630 g/mol. The van der Waals surface area contributed by atoms with E-state index in [1.807, 2.05) is 4.90 Å². The van der Waals surface area contributed by atoms with Crippen molar-refractivity contribution in [2.24, 2.45) is 0 Å². The van der Waals surface area contributed by atoms with Crippen molar-refractivity contribution in [3.63, 3.8) is 0 Å². The number of hydrogen-bond acceptors (Lipinski definition) is 4. The molecule has 4 rings (SSSR count). The quantitative estimate of drug-likeness (QED) is 0.223. The summed E-state index contributed by atoms with van der Waals surface area (Å²) in [7, 11) is 1.36. The Morgan fingerprint density at radius 1 is 0.907 bits per heavy atom. The van der Waals surface area contributed by atoms with Gasteiger partial charge in [0.1, 0.15) is 23.1 Å². The summed E-state index contributed by atoms with van der Waals surface area (Å²) >= 11 is -0.966. The third kappa shape index (κ3) is 7.09. The van der Waals surface area contributed by atoms with Crippen LogP contribution in [0.5, 0.6) is 0 Å². The predicted molar refractivity (Wildman–Crippen MR) is 152 cm³/mol. The van der Waals surface area contributed by atoms with Crippen LogP contribution in [-0.4, -0.2) is 47.1 Å². The summed E-state index contributed by atoms with van der Waals surface area (Å²) in [5, 5.41) is 0. The van der Waals surface area contributed by atoms with Crippen LogP contribution >= 0.6 is 0 Å². The zero-order valence-corrected chi connectivity index (χ0v) is 24.7. The first kappa shape index (κ1) is 32.6. The van der Waals surface area contributed by atoms with Crippen molar-refractivity contribution >= 4 is 28.6 Å². The number of nitrogens with zero attached hydrogens (tertiary/aromatic N) is 3. The Kier molecular flexibility index (Phi) is 9.09. The first-order valence-electron chi connectivity index (χ1n) is 13.3. The van der Waals surface area contributed by atoms with E-state index in [0.717, 1.165) is 4.90 Å². The zero-order valence-electron chi connectivity index (χ0n) is 23.9. The molecule has 13 heteroatoms. The number of alkyl halides is 6. The van der Waals surface area contributed by atoms with Crippen molar-refractivity contribution in [2.75, 3.05) is 41.4 Å². The van der Waals surface area contributed by atoms with Gasteiger partial charge in [-0.05, 0) is 73.9 Å². The SMILES string of the molecule is Cc1cc(F)ccc1-c1cc(N2CCC[S+]([O-])CC2)ncc1N(C)C(=O)C(C)(C)c1cc(C(F)(F)F)cc(C(F)(F)F)c1. The molecule has 0 aliphatic carbocycles. The van der Waals surface area contributed by atoms with Gasteiger partial charge in [-0.25, -0.2) is 9.37 Å². The number of benzene rings is 2. The van der Waals surface area contributed by atoms with Crippen LogP contribution in [0.15, 0.2) is 48.7 Å². The molecule has 1 aliphatic rings. The van der Waals surface area contributed by atoms with Crippen molar-refractivity contribution in [2.45, 2.75) is 45.0 Å². The molecule has 0 N–H and O–H groups in total. The minimum absolute atomic E-state index is 0.0181. The second kappa shape index (κ2) is 12.0. The highest BCUT2D eigenvalue weighted by Gasteiger charge is 2.41. The molecule has 2 aromatic carbocycles. The number of rotatable bonds is 5. The normalized spacial score (nSPS) is 16.7. The van der Waals surface area contributed by atoms with E-state index < -0.39 is 57.4 Å². The Morgan fingerprint density at radius 2 is 1.51 bits per heavy atom. The van der Waals surface area contributed by atoms with Crippen molar-refractivity contribution < 1.29 is 40.1 Å². The number of aryl methyl sites for hydroxylation is 1. The largest absolute Gasteiger partial charge is 0.616 e. The van der Waals surface area contributed by atoms with Gasteiger partial charge in [0.15, 0.2) is 0 Å². The molecule has 1 aromatic heterocycles. The standard InChI is InChI=1S/C30H30F7N3O2S/c1-18-12-22(31)6-7-23(18)24-16-26(40-8-5-10-43(42)11-9-40)38-17-25(24)39(4)27(41)28(2,3)19-13-20(29(32,33)34)15-21(14-19)30(35,36)37/h6-7,12-17H,5,8-11H2,1-4H3. The first-order chi connectivity index (χ1) is 19.9. The van der Waals surface area contributed by atoms with Gasteiger partial charge in [-0.2, -0.15) is 26.3 Å². The lowest BCUT2D eigenvalue weighted by molar-refractivity contribution is -0.143. The molecule has 1 fully saturated rings. The number of halogens is 7. The Morgan fingerprint density at radius 3 is 2.09 bits per heavy atom. The van der Waals surface area contributed by atoms with Crippen LogP contribution in [-0.2, 0) is 33.7 Å². The maximum atomic E-state index is 14.0. The van der Waals surface area contributed by atoms with Crippen molar-refractivity contribution in [3.05, 3.63) is 76.7 Å². The van der Waals surface area contributed by atoms with Crippen LogP contribution in [0.25, 0.3) is 11.1 Å². The molecular formula is C30H30F7N3O2S. The second-order valence-corrected chi connectivity index (χ2v) is 12.7. The van der Waals surface area contributed by atoms with Crippen molar-refractivity contribution in [1.82, 2.24) is 4.98 Å². The smallest absolute Gasteiger partial charge is 0.416 e. The molecule has 232 valence electrons. The molecule has 1 amide bonds. The predicted octanol–water partition coefficient (Wildman–Crippen LogP) is 7.13. The number of carbonyl (C=O) groups excluding carboxylic acids is 1. The molecular weight excluding hydrogens is 599 g/mol. The molecule has 43 heavy (non-hydrogen) atoms. The van der Waals surface area contributed by atoms with E-state index in [4.69, 9.17) is 0 Å². The van der Waals surface area contributed by atoms with Gasteiger partial charge in [-0.15, -0.1) is 0 Å². The van der Waals surface area contributed by atoms with E-state index in [1.165, 1.54) is 45.3 Å². The van der Waals surface area contributed by atoms with Crippen LogP contribution < -0.4 is 9.80 Å². The molecule has 1 atom stereocenters. The van der Waals surface area contributed by atoms with E-state index in [9.17, 15) is 40.1 Å². The van der Waals surface area contributed by atoms with E-state index >= 15 is 0 Å². The topological polar surface area (TPSA) is 59.5 Å². The molecule has 5 nitrogen and oxygen atoms in total. The van der Waals surface area contributed by atoms with E-state index in [-0.39, 0.29) is 11.8 Å². The summed E-state index contributed by atoms with van der Waals surface area (Å²) in [6.45, 7) is 5.23. The Bertz CT molecular complexity index is 1480. The first-order valence-corrected chi connectivity index (χ1v) is 14.8. The van der Waals surface area contributed by atoms with Crippen LogP contribution in [0.2, 0.25) is 0 Å². The number of aromatic nitrogens is 1. The van der Waals surface area contributed by atoms with Crippen LogP contribution in [0.4, 0.5) is 42.2 Å². The number of carbonyl (C=O) groups is 1. The maximum absolute atomic E-state index is 14.0. The number of anilines is 2. The molecule has 1 unspecified atom stereocenters. The van der Waals surface area contributed by atoms with Gasteiger partial charge in [-0.3, -0.25) is 4.79 Å². The van der Waals surface area contributed by atoms with Crippen molar-refractivity contribution in [3.8, 4) is 11.1 Å². The molecule has 0 spiro atoms. The highest BCUT2D eigenvalue weighted by molar-refractivity contribution is 7.91. The number of likely N-dealkylation sites (N-methyl/N-ethyl adjacent to an activating group) is 1. The van der Waals surface area contributed by atoms with E-state index in [2.05, 4.69) is 4.98 Å². The third-order valence-electron chi connectivity index (χ3n) is 7.57. The van der Waals surface area contributed by atoms with Gasteiger partial charge >= 0.3 is 12.4 Å². The van der Waals surface area contributed by atoms with E-state index in [1.54, 1.807) is 13.0 Å². The molecule has 1 aliphatic heterocycles. The lowest BCUT2D eigenvalue weighted by Gasteiger charge is -2.32. The lowest BCUT2D eigenvalue weighted by atomic mass is 9.81. The Hall–Kier alpha value is -3.32. The van der Waals surface area contributed by atoms with Crippen LogP contribution in [0, 0.1) is 12.7 Å². The number of pyridine rings is 1. The maximum Gasteiger partial charge on any atom is 0.416 e. The summed E-state index contributed by atoms with van der Waals surface area (Å²) in [4.78, 5) is 21.5. The average Bonchev–Trinajstić information content (AvgIpc) is 3.15. The van der Waals surface area contributed by atoms with Gasteiger partial charge in [0.25, 0.3) is 0 Å². The van der Waals surface area contributed by atoms with Crippen LogP contribution in [0.1, 0.15) is 42.5 Å². The van der Waals surface area contributed by atoms with Gasteiger partial charge in [0.2, 0.25) is 5.91 Å². The molecule has 2 heterocycles. The molecule has 0 bridgehead atoms. The molecule has 0 saturated carbocycles. The minimum Gasteiger partial charge on any atom is -0.616 e. The summed E-state index contributed by atoms with van der Waals surface area (Å²) in [5.41, 5.74) is -3.58. The zero-order chi connectivity index (χ0) is 31.9. The van der Waals surface area contributed by atoms with E-state index in [0.29, 0.717) is 65.7 Å².